The minimum absolute atomic E-state index is 0.0957. The summed E-state index contributed by atoms with van der Waals surface area (Å²) in [6.45, 7) is 7.93. The normalized spacial score (nSPS) is 10.9. The van der Waals surface area contributed by atoms with Gasteiger partial charge in [-0.1, -0.05) is 37.3 Å². The summed E-state index contributed by atoms with van der Waals surface area (Å²) in [5.41, 5.74) is 3.93. The third kappa shape index (κ3) is 4.62. The van der Waals surface area contributed by atoms with Gasteiger partial charge in [0, 0.05) is 17.8 Å². The van der Waals surface area contributed by atoms with E-state index in [2.05, 4.69) is 15.4 Å². The summed E-state index contributed by atoms with van der Waals surface area (Å²) in [4.78, 5) is 30.3. The average Bonchev–Trinajstić information content (AvgIpc) is 3.03. The Morgan fingerprint density at radius 3 is 2.48 bits per heavy atom. The van der Waals surface area contributed by atoms with Gasteiger partial charge in [-0.15, -0.1) is 0 Å². The van der Waals surface area contributed by atoms with Crippen LogP contribution in [-0.2, 0) is 24.2 Å². The second kappa shape index (κ2) is 8.86. The van der Waals surface area contributed by atoms with Crippen LogP contribution in [0.1, 0.15) is 35.1 Å². The van der Waals surface area contributed by atoms with Gasteiger partial charge in [0.2, 0.25) is 11.9 Å². The monoisotopic (exact) mass is 393 g/mol. The van der Waals surface area contributed by atoms with Crippen molar-refractivity contribution in [2.45, 2.75) is 47.1 Å². The smallest absolute Gasteiger partial charge is 0.258 e. The van der Waals surface area contributed by atoms with Gasteiger partial charge in [0.1, 0.15) is 6.54 Å². The van der Waals surface area contributed by atoms with Crippen molar-refractivity contribution in [2.75, 3.05) is 6.54 Å². The largest absolute Gasteiger partial charge is 0.354 e. The zero-order valence-corrected chi connectivity index (χ0v) is 17.4. The maximum absolute atomic E-state index is 13.1. The van der Waals surface area contributed by atoms with Gasteiger partial charge in [0.15, 0.2) is 0 Å². The minimum Gasteiger partial charge on any atom is -0.354 e. The number of rotatable bonds is 7. The van der Waals surface area contributed by atoms with E-state index in [0.717, 1.165) is 23.4 Å². The third-order valence-electron chi connectivity index (χ3n) is 4.88. The molecule has 152 valence electrons. The fourth-order valence-corrected chi connectivity index (χ4v) is 3.42. The van der Waals surface area contributed by atoms with Crippen molar-refractivity contribution in [3.8, 4) is 5.95 Å². The van der Waals surface area contributed by atoms with Crippen molar-refractivity contribution in [1.29, 1.82) is 0 Å². The summed E-state index contributed by atoms with van der Waals surface area (Å²) in [6.07, 6.45) is 1.29. The van der Waals surface area contributed by atoms with Crippen molar-refractivity contribution in [3.63, 3.8) is 0 Å². The molecule has 0 atom stereocenters. The van der Waals surface area contributed by atoms with E-state index in [-0.39, 0.29) is 18.0 Å². The van der Waals surface area contributed by atoms with Gasteiger partial charge in [-0.2, -0.15) is 5.10 Å². The highest BCUT2D eigenvalue weighted by atomic mass is 16.2. The fourth-order valence-electron chi connectivity index (χ4n) is 3.42. The predicted octanol–water partition coefficient (Wildman–Crippen LogP) is 2.28. The van der Waals surface area contributed by atoms with Gasteiger partial charge in [0.05, 0.1) is 11.4 Å². The Balaban J connectivity index is 1.86. The maximum atomic E-state index is 13.1. The van der Waals surface area contributed by atoms with E-state index in [9.17, 15) is 9.59 Å². The lowest BCUT2D eigenvalue weighted by Crippen LogP contribution is -2.37. The number of nitrogens with one attached hydrogen (secondary N) is 1. The van der Waals surface area contributed by atoms with Crippen LogP contribution in [0.4, 0.5) is 0 Å². The van der Waals surface area contributed by atoms with Gasteiger partial charge >= 0.3 is 0 Å². The molecule has 0 aliphatic heterocycles. The number of carbonyl (C=O) groups excluding carboxylic acids is 1. The van der Waals surface area contributed by atoms with Crippen LogP contribution in [0.25, 0.3) is 5.95 Å². The molecule has 0 unspecified atom stereocenters. The lowest BCUT2D eigenvalue weighted by atomic mass is 10.1. The molecular weight excluding hydrogens is 366 g/mol. The molecule has 1 amide bonds. The molecule has 0 radical (unpaired) electrons. The number of hydrogen-bond acceptors (Lipinski definition) is 4. The van der Waals surface area contributed by atoms with Crippen molar-refractivity contribution in [2.24, 2.45) is 0 Å². The summed E-state index contributed by atoms with van der Waals surface area (Å²) >= 11 is 0. The Morgan fingerprint density at radius 2 is 1.86 bits per heavy atom. The first-order chi connectivity index (χ1) is 13.9. The van der Waals surface area contributed by atoms with Gasteiger partial charge in [-0.3, -0.25) is 14.2 Å². The van der Waals surface area contributed by atoms with E-state index in [1.807, 2.05) is 64.1 Å². The average molecular weight is 393 g/mol. The maximum Gasteiger partial charge on any atom is 0.258 e. The molecule has 0 aliphatic carbocycles. The van der Waals surface area contributed by atoms with Crippen molar-refractivity contribution in [1.82, 2.24) is 24.6 Å². The topological polar surface area (TPSA) is 81.8 Å². The first-order valence-electron chi connectivity index (χ1n) is 9.85. The summed E-state index contributed by atoms with van der Waals surface area (Å²) in [6, 6.07) is 11.9. The van der Waals surface area contributed by atoms with Crippen LogP contribution in [0.3, 0.4) is 0 Å². The van der Waals surface area contributed by atoms with Crippen LogP contribution in [0.5, 0.6) is 0 Å². The molecule has 1 aromatic carbocycles. The molecule has 0 spiro atoms. The molecule has 7 nitrogen and oxygen atoms in total. The first-order valence-corrected chi connectivity index (χ1v) is 9.85. The zero-order chi connectivity index (χ0) is 21.0. The van der Waals surface area contributed by atoms with Crippen molar-refractivity contribution < 1.29 is 4.79 Å². The molecule has 0 saturated carbocycles. The molecule has 0 aliphatic rings. The number of amides is 1. The van der Waals surface area contributed by atoms with Crippen LogP contribution in [-0.4, -0.2) is 31.8 Å². The first kappa shape index (κ1) is 20.5. The van der Waals surface area contributed by atoms with Gasteiger partial charge < -0.3 is 5.32 Å². The standard InChI is InChI=1S/C22H27N5O2/c1-5-19-17(4)24-22(27-16(3)13-15(2)25-27)26(21(19)29)14-20(28)23-12-11-18-9-7-6-8-10-18/h6-10,13H,5,11-12,14H2,1-4H3,(H,23,28). The van der Waals surface area contributed by atoms with Crippen molar-refractivity contribution >= 4 is 5.91 Å². The molecule has 3 aromatic rings. The lowest BCUT2D eigenvalue weighted by Gasteiger charge is -2.16. The van der Waals surface area contributed by atoms with Gasteiger partial charge in [0.25, 0.3) is 5.56 Å². The fraction of sp³-hybridized carbons (Fsp3) is 0.364. The Kier molecular flexibility index (Phi) is 6.26. The summed E-state index contributed by atoms with van der Waals surface area (Å²) < 4.78 is 3.05. The van der Waals surface area contributed by atoms with Crippen LogP contribution >= 0.6 is 0 Å². The van der Waals surface area contributed by atoms with E-state index in [4.69, 9.17) is 0 Å². The molecule has 0 fully saturated rings. The van der Waals surface area contributed by atoms with Crippen molar-refractivity contribution in [3.05, 3.63) is 75.0 Å². The molecule has 0 saturated heterocycles. The molecule has 29 heavy (non-hydrogen) atoms. The van der Waals surface area contributed by atoms with E-state index in [1.54, 1.807) is 4.68 Å². The predicted molar refractivity (Wildman–Crippen MR) is 112 cm³/mol. The Bertz CT molecular complexity index is 1070. The quantitative estimate of drug-likeness (QED) is 0.668. The highest BCUT2D eigenvalue weighted by molar-refractivity contribution is 5.76. The number of carbonyl (C=O) groups is 1. The van der Waals surface area contributed by atoms with Crippen LogP contribution < -0.4 is 10.9 Å². The van der Waals surface area contributed by atoms with Crippen LogP contribution in [0.15, 0.2) is 41.2 Å². The number of hydrogen-bond donors (Lipinski definition) is 1. The van der Waals surface area contributed by atoms with Gasteiger partial charge in [-0.05, 0) is 45.2 Å². The Morgan fingerprint density at radius 1 is 1.14 bits per heavy atom. The highest BCUT2D eigenvalue weighted by Crippen LogP contribution is 2.11. The summed E-state index contributed by atoms with van der Waals surface area (Å²) in [7, 11) is 0. The SMILES string of the molecule is CCc1c(C)nc(-n2nc(C)cc2C)n(CC(=O)NCCc2ccccc2)c1=O. The van der Waals surface area contributed by atoms with E-state index < -0.39 is 0 Å². The number of aromatic nitrogens is 4. The number of nitrogens with zero attached hydrogens (tertiary/aromatic N) is 4. The van der Waals surface area contributed by atoms with Gasteiger partial charge in [-0.25, -0.2) is 9.67 Å². The molecule has 7 heteroatoms. The molecule has 2 aromatic heterocycles. The molecule has 2 heterocycles. The Labute approximate surface area is 170 Å². The molecular formula is C22H27N5O2. The van der Waals surface area contributed by atoms with E-state index in [0.29, 0.717) is 30.2 Å². The molecule has 3 rings (SSSR count). The second-order valence-corrected chi connectivity index (χ2v) is 7.15. The van der Waals surface area contributed by atoms with Crippen LogP contribution in [0, 0.1) is 20.8 Å². The second-order valence-electron chi connectivity index (χ2n) is 7.15. The van der Waals surface area contributed by atoms with E-state index >= 15 is 0 Å². The third-order valence-corrected chi connectivity index (χ3v) is 4.88. The summed E-state index contributed by atoms with van der Waals surface area (Å²) in [5, 5.41) is 7.35. The zero-order valence-electron chi connectivity index (χ0n) is 17.4. The van der Waals surface area contributed by atoms with Crippen LogP contribution in [0.2, 0.25) is 0 Å². The Hall–Kier alpha value is -3.22. The van der Waals surface area contributed by atoms with E-state index in [1.165, 1.54) is 4.57 Å². The molecule has 1 N–H and O–H groups in total. The highest BCUT2D eigenvalue weighted by Gasteiger charge is 2.18. The number of aryl methyl sites for hydroxylation is 3. The molecule has 0 bridgehead atoms. The minimum atomic E-state index is -0.224. The number of benzene rings is 1. The summed E-state index contributed by atoms with van der Waals surface area (Å²) in [5.74, 6) is 0.145. The lowest BCUT2D eigenvalue weighted by molar-refractivity contribution is -0.121.